The van der Waals surface area contributed by atoms with E-state index in [1.165, 1.54) is 5.56 Å². The number of hydrogen-bond donors (Lipinski definition) is 2. The predicted molar refractivity (Wildman–Crippen MR) is 76.2 cm³/mol. The van der Waals surface area contributed by atoms with Gasteiger partial charge in [0.1, 0.15) is 5.88 Å². The summed E-state index contributed by atoms with van der Waals surface area (Å²) in [5, 5.41) is 5.33. The van der Waals surface area contributed by atoms with Gasteiger partial charge in [-0.1, -0.05) is 29.8 Å². The summed E-state index contributed by atoms with van der Waals surface area (Å²) in [4.78, 5) is 22.4. The number of amides is 2. The molecule has 1 aromatic carbocycles. The number of alkyl halides is 1. The molecule has 0 bridgehead atoms. The van der Waals surface area contributed by atoms with Crippen molar-refractivity contribution in [3.63, 3.8) is 0 Å². The van der Waals surface area contributed by atoms with Crippen LogP contribution in [0.3, 0.4) is 0 Å². The lowest BCUT2D eigenvalue weighted by Crippen LogP contribution is -2.35. The van der Waals surface area contributed by atoms with Crippen molar-refractivity contribution < 1.29 is 9.59 Å². The van der Waals surface area contributed by atoms with Crippen molar-refractivity contribution >= 4 is 23.4 Å². The molecule has 5 heteroatoms. The molecule has 0 fully saturated rings. The predicted octanol–water partition coefficient (Wildman–Crippen LogP) is 1.40. The van der Waals surface area contributed by atoms with Crippen molar-refractivity contribution in [1.82, 2.24) is 10.6 Å². The van der Waals surface area contributed by atoms with Crippen LogP contribution >= 0.6 is 11.6 Å². The maximum absolute atomic E-state index is 11.5. The normalized spacial score (nSPS) is 10.0. The fraction of sp³-hybridized carbons (Fsp3) is 0.429. The number of aryl methyl sites for hydroxylation is 2. The summed E-state index contributed by atoms with van der Waals surface area (Å²) in [6, 6.07) is 8.14. The number of nitrogens with one attached hydrogen (secondary N) is 2. The summed E-state index contributed by atoms with van der Waals surface area (Å²) in [7, 11) is 0. The smallest absolute Gasteiger partial charge is 0.234 e. The quantitative estimate of drug-likeness (QED) is 0.587. The van der Waals surface area contributed by atoms with E-state index in [2.05, 4.69) is 10.6 Å². The van der Waals surface area contributed by atoms with Gasteiger partial charge in [0.05, 0.1) is 0 Å². The van der Waals surface area contributed by atoms with Crippen LogP contribution in [0.5, 0.6) is 0 Å². The summed E-state index contributed by atoms with van der Waals surface area (Å²) < 4.78 is 0. The molecular formula is C14H19ClN2O2. The fourth-order valence-electron chi connectivity index (χ4n) is 1.55. The van der Waals surface area contributed by atoms with Crippen LogP contribution in [-0.2, 0) is 16.0 Å². The van der Waals surface area contributed by atoms with E-state index in [1.807, 2.05) is 31.2 Å². The number of carbonyl (C=O) groups is 2. The highest BCUT2D eigenvalue weighted by molar-refractivity contribution is 6.27. The minimum atomic E-state index is -0.226. The molecule has 0 saturated heterocycles. The average molecular weight is 283 g/mol. The molecule has 0 heterocycles. The highest BCUT2D eigenvalue weighted by Gasteiger charge is 2.02. The van der Waals surface area contributed by atoms with Crippen LogP contribution in [0, 0.1) is 6.92 Å². The first-order valence-corrected chi connectivity index (χ1v) is 6.80. The number of hydrogen-bond acceptors (Lipinski definition) is 2. The number of benzene rings is 1. The van der Waals surface area contributed by atoms with Crippen molar-refractivity contribution in [2.24, 2.45) is 0 Å². The number of halogens is 1. The van der Waals surface area contributed by atoms with Gasteiger partial charge >= 0.3 is 0 Å². The summed E-state index contributed by atoms with van der Waals surface area (Å²) in [5.41, 5.74) is 2.36. The van der Waals surface area contributed by atoms with Gasteiger partial charge in [0, 0.05) is 19.5 Å². The monoisotopic (exact) mass is 282 g/mol. The van der Waals surface area contributed by atoms with Gasteiger partial charge in [-0.25, -0.2) is 0 Å². The summed E-state index contributed by atoms with van der Waals surface area (Å²) in [6.45, 7) is 2.86. The second kappa shape index (κ2) is 8.53. The minimum Gasteiger partial charge on any atom is -0.354 e. The Bertz CT molecular complexity index is 418. The van der Waals surface area contributed by atoms with Gasteiger partial charge in [0.2, 0.25) is 11.8 Å². The standard InChI is InChI=1S/C14H19ClN2O2/c1-11-2-4-12(5-3-11)6-7-13(18)16-8-9-17-14(19)10-15/h2-5H,6-10H2,1H3,(H,16,18)(H,17,19). The van der Waals surface area contributed by atoms with Gasteiger partial charge in [-0.2, -0.15) is 0 Å². The molecule has 2 N–H and O–H groups in total. The van der Waals surface area contributed by atoms with Gasteiger partial charge in [-0.05, 0) is 18.9 Å². The lowest BCUT2D eigenvalue weighted by Gasteiger charge is -2.06. The first kappa shape index (κ1) is 15.5. The van der Waals surface area contributed by atoms with Crippen LogP contribution in [0.1, 0.15) is 17.5 Å². The van der Waals surface area contributed by atoms with Gasteiger partial charge in [-0.15, -0.1) is 11.6 Å². The van der Waals surface area contributed by atoms with Crippen molar-refractivity contribution in [2.45, 2.75) is 19.8 Å². The van der Waals surface area contributed by atoms with E-state index in [4.69, 9.17) is 11.6 Å². The van der Waals surface area contributed by atoms with E-state index in [0.29, 0.717) is 19.5 Å². The fourth-order valence-corrected chi connectivity index (χ4v) is 1.65. The lowest BCUT2D eigenvalue weighted by atomic mass is 10.1. The Morgan fingerprint density at radius 1 is 1.05 bits per heavy atom. The largest absolute Gasteiger partial charge is 0.354 e. The van der Waals surface area contributed by atoms with Crippen molar-refractivity contribution in [2.75, 3.05) is 19.0 Å². The molecule has 2 amide bonds. The van der Waals surface area contributed by atoms with Crippen molar-refractivity contribution in [3.05, 3.63) is 35.4 Å². The molecule has 104 valence electrons. The molecule has 0 spiro atoms. The van der Waals surface area contributed by atoms with Crippen LogP contribution in [0.4, 0.5) is 0 Å². The Hall–Kier alpha value is -1.55. The molecule has 19 heavy (non-hydrogen) atoms. The van der Waals surface area contributed by atoms with E-state index < -0.39 is 0 Å². The Labute approximate surface area is 118 Å². The van der Waals surface area contributed by atoms with E-state index in [0.717, 1.165) is 12.0 Å². The highest BCUT2D eigenvalue weighted by Crippen LogP contribution is 2.05. The van der Waals surface area contributed by atoms with Crippen LogP contribution in [-0.4, -0.2) is 30.8 Å². The maximum atomic E-state index is 11.5. The molecule has 0 radical (unpaired) electrons. The Kier molecular flexibility index (Phi) is 6.97. The summed E-state index contributed by atoms with van der Waals surface area (Å²) in [6.07, 6.45) is 1.17. The molecule has 0 aliphatic rings. The van der Waals surface area contributed by atoms with Crippen LogP contribution < -0.4 is 10.6 Å². The number of carbonyl (C=O) groups excluding carboxylic acids is 2. The number of rotatable bonds is 7. The second-order valence-electron chi connectivity index (χ2n) is 4.32. The van der Waals surface area contributed by atoms with Crippen LogP contribution in [0.15, 0.2) is 24.3 Å². The molecular weight excluding hydrogens is 264 g/mol. The van der Waals surface area contributed by atoms with Gasteiger partial charge in [0.15, 0.2) is 0 Å². The topological polar surface area (TPSA) is 58.2 Å². The Balaban J connectivity index is 2.14. The molecule has 1 rings (SSSR count). The molecule has 1 aromatic rings. The van der Waals surface area contributed by atoms with Crippen LogP contribution in [0.2, 0.25) is 0 Å². The van der Waals surface area contributed by atoms with E-state index in [9.17, 15) is 9.59 Å². The van der Waals surface area contributed by atoms with Crippen molar-refractivity contribution in [1.29, 1.82) is 0 Å². The molecule has 0 atom stereocenters. The molecule has 0 aromatic heterocycles. The SMILES string of the molecule is Cc1ccc(CCC(=O)NCCNC(=O)CCl)cc1. The summed E-state index contributed by atoms with van der Waals surface area (Å²) in [5.74, 6) is -0.294. The zero-order valence-electron chi connectivity index (χ0n) is 11.0. The van der Waals surface area contributed by atoms with Crippen molar-refractivity contribution in [3.8, 4) is 0 Å². The molecule has 0 unspecified atom stereocenters. The highest BCUT2D eigenvalue weighted by atomic mass is 35.5. The Morgan fingerprint density at radius 3 is 2.21 bits per heavy atom. The second-order valence-corrected chi connectivity index (χ2v) is 4.59. The first-order chi connectivity index (χ1) is 9.11. The third-order valence-corrected chi connectivity index (χ3v) is 2.89. The lowest BCUT2D eigenvalue weighted by molar-refractivity contribution is -0.122. The van der Waals surface area contributed by atoms with E-state index in [-0.39, 0.29) is 17.7 Å². The van der Waals surface area contributed by atoms with Crippen LogP contribution in [0.25, 0.3) is 0 Å². The Morgan fingerprint density at radius 2 is 1.63 bits per heavy atom. The van der Waals surface area contributed by atoms with E-state index in [1.54, 1.807) is 0 Å². The molecule has 0 aliphatic carbocycles. The van der Waals surface area contributed by atoms with Gasteiger partial charge in [-0.3, -0.25) is 9.59 Å². The first-order valence-electron chi connectivity index (χ1n) is 6.26. The minimum absolute atomic E-state index is 0.0132. The zero-order chi connectivity index (χ0) is 14.1. The van der Waals surface area contributed by atoms with Gasteiger partial charge in [0.25, 0.3) is 0 Å². The third-order valence-electron chi connectivity index (χ3n) is 2.65. The third kappa shape index (κ3) is 6.82. The average Bonchev–Trinajstić information content (AvgIpc) is 2.42. The van der Waals surface area contributed by atoms with Gasteiger partial charge < -0.3 is 10.6 Å². The maximum Gasteiger partial charge on any atom is 0.234 e. The molecule has 4 nitrogen and oxygen atoms in total. The summed E-state index contributed by atoms with van der Waals surface area (Å²) >= 11 is 5.32. The molecule has 0 saturated carbocycles. The van der Waals surface area contributed by atoms with E-state index >= 15 is 0 Å². The zero-order valence-corrected chi connectivity index (χ0v) is 11.8. The molecule has 0 aliphatic heterocycles.